The van der Waals surface area contributed by atoms with Crippen molar-refractivity contribution in [2.75, 3.05) is 25.5 Å². The third kappa shape index (κ3) is 5.03. The number of anilines is 1. The molecule has 0 aliphatic rings. The van der Waals surface area contributed by atoms with Crippen molar-refractivity contribution < 1.29 is 27.1 Å². The Hall–Kier alpha value is -2.24. The molecule has 0 saturated heterocycles. The summed E-state index contributed by atoms with van der Waals surface area (Å²) in [5.41, 5.74) is 0.409. The molecule has 1 aromatic carbocycles. The number of likely N-dealkylation sites (N-methyl/N-ethyl adjacent to an activating group) is 1. The molecule has 0 atom stereocenters. The van der Waals surface area contributed by atoms with Crippen LogP contribution in [0.25, 0.3) is 0 Å². The van der Waals surface area contributed by atoms with E-state index in [1.165, 1.54) is 32.2 Å². The summed E-state index contributed by atoms with van der Waals surface area (Å²) in [6.45, 7) is 4.18. The van der Waals surface area contributed by atoms with Crippen LogP contribution in [0.4, 0.5) is 10.1 Å². The highest BCUT2D eigenvalue weighted by Gasteiger charge is 2.33. The molecule has 158 valence electrons. The average molecular weight is 490 g/mol. The maximum Gasteiger partial charge on any atom is 0.341 e. The molecule has 1 amide bonds. The summed E-state index contributed by atoms with van der Waals surface area (Å²) in [7, 11) is -3.01. The van der Waals surface area contributed by atoms with Gasteiger partial charge in [-0.2, -0.15) is 4.31 Å². The lowest BCUT2D eigenvalue weighted by Crippen LogP contribution is -2.36. The smallest absolute Gasteiger partial charge is 0.341 e. The number of nitrogens with zero attached hydrogens (tertiary/aromatic N) is 1. The Balaban J connectivity index is 2.27. The van der Waals surface area contributed by atoms with Gasteiger partial charge in [0.2, 0.25) is 15.9 Å². The molecule has 0 spiro atoms. The fourth-order valence-electron chi connectivity index (χ4n) is 2.75. The van der Waals surface area contributed by atoms with E-state index < -0.39 is 34.3 Å². The highest BCUT2D eigenvalue weighted by atomic mass is 79.9. The summed E-state index contributed by atoms with van der Waals surface area (Å²) in [6.07, 6.45) is 0. The minimum Gasteiger partial charge on any atom is -0.462 e. The lowest BCUT2D eigenvalue weighted by Gasteiger charge is -2.18. The number of H-pyrrole nitrogens is 1. The Labute approximate surface area is 176 Å². The molecule has 2 N–H and O–H groups in total. The van der Waals surface area contributed by atoms with E-state index in [4.69, 9.17) is 4.74 Å². The molecule has 2 aromatic rings. The van der Waals surface area contributed by atoms with E-state index in [9.17, 15) is 22.4 Å². The van der Waals surface area contributed by atoms with Crippen molar-refractivity contribution in [3.63, 3.8) is 0 Å². The normalized spacial score (nSPS) is 11.6. The highest BCUT2D eigenvalue weighted by molar-refractivity contribution is 9.10. The summed E-state index contributed by atoms with van der Waals surface area (Å²) < 4.78 is 46.2. The van der Waals surface area contributed by atoms with E-state index in [0.29, 0.717) is 10.2 Å². The molecule has 1 aromatic heterocycles. The molecule has 0 bridgehead atoms. The summed E-state index contributed by atoms with van der Waals surface area (Å²) in [5, 5.41) is 2.33. The Morgan fingerprint density at radius 1 is 1.28 bits per heavy atom. The van der Waals surface area contributed by atoms with Crippen LogP contribution in [0.1, 0.15) is 28.7 Å². The van der Waals surface area contributed by atoms with Crippen molar-refractivity contribution in [1.82, 2.24) is 9.29 Å². The van der Waals surface area contributed by atoms with Crippen molar-refractivity contribution >= 4 is 43.5 Å². The number of carbonyl (C=O) groups excluding carboxylic acids is 2. The number of rotatable bonds is 7. The van der Waals surface area contributed by atoms with Crippen LogP contribution in [0, 0.1) is 19.7 Å². The first-order chi connectivity index (χ1) is 13.5. The van der Waals surface area contributed by atoms with Gasteiger partial charge in [0, 0.05) is 22.9 Å². The molecule has 2 rings (SSSR count). The molecule has 8 nitrogen and oxygen atoms in total. The van der Waals surface area contributed by atoms with Crippen LogP contribution in [-0.4, -0.2) is 49.8 Å². The molecule has 29 heavy (non-hydrogen) atoms. The van der Waals surface area contributed by atoms with Crippen LogP contribution >= 0.6 is 15.9 Å². The number of amides is 1. The monoisotopic (exact) mass is 489 g/mol. The lowest BCUT2D eigenvalue weighted by atomic mass is 10.2. The van der Waals surface area contributed by atoms with Gasteiger partial charge >= 0.3 is 5.97 Å². The number of halogens is 2. The van der Waals surface area contributed by atoms with Crippen molar-refractivity contribution in [2.45, 2.75) is 25.7 Å². The molecule has 0 unspecified atom stereocenters. The minimum atomic E-state index is -4.21. The molecule has 1 heterocycles. The van der Waals surface area contributed by atoms with E-state index in [2.05, 4.69) is 26.2 Å². The molecule has 0 aliphatic heterocycles. The fraction of sp³-hybridized carbons (Fsp3) is 0.333. The average Bonchev–Trinajstić information content (AvgIpc) is 2.92. The maximum absolute atomic E-state index is 13.9. The predicted octanol–water partition coefficient (Wildman–Crippen LogP) is 2.97. The zero-order valence-electron chi connectivity index (χ0n) is 16.3. The van der Waals surface area contributed by atoms with Gasteiger partial charge in [0.05, 0.1) is 18.8 Å². The number of sulfonamides is 1. The Morgan fingerprint density at radius 2 is 1.93 bits per heavy atom. The van der Waals surface area contributed by atoms with Crippen LogP contribution in [0.2, 0.25) is 0 Å². The number of carbonyl (C=O) groups is 2. The van der Waals surface area contributed by atoms with E-state index >= 15 is 0 Å². The summed E-state index contributed by atoms with van der Waals surface area (Å²) in [5.74, 6) is -2.18. The standard InChI is InChI=1S/C18H21BrFN3O5S/c1-5-28-18(25)16-10(2)21-11(3)17(16)29(26,27)23(4)9-15(24)22-14-7-6-12(19)8-13(14)20/h6-8,21H,5,9H2,1-4H3,(H,22,24). The van der Waals surface area contributed by atoms with Crippen molar-refractivity contribution in [3.05, 3.63) is 45.4 Å². The van der Waals surface area contributed by atoms with Gasteiger partial charge in [-0.1, -0.05) is 15.9 Å². The Morgan fingerprint density at radius 3 is 2.52 bits per heavy atom. The van der Waals surface area contributed by atoms with Crippen LogP contribution in [0.5, 0.6) is 0 Å². The van der Waals surface area contributed by atoms with E-state index in [1.54, 1.807) is 13.8 Å². The molecular weight excluding hydrogens is 469 g/mol. The number of ether oxygens (including phenoxy) is 1. The van der Waals surface area contributed by atoms with Crippen molar-refractivity contribution in [1.29, 1.82) is 0 Å². The summed E-state index contributed by atoms with van der Waals surface area (Å²) >= 11 is 3.11. The summed E-state index contributed by atoms with van der Waals surface area (Å²) in [6, 6.07) is 4.06. The molecule has 0 aliphatic carbocycles. The van der Waals surface area contributed by atoms with E-state index in [0.717, 1.165) is 4.31 Å². The van der Waals surface area contributed by atoms with Gasteiger partial charge in [0.25, 0.3) is 0 Å². The fourth-order valence-corrected chi connectivity index (χ4v) is 4.62. The highest BCUT2D eigenvalue weighted by Crippen LogP contribution is 2.27. The third-order valence-electron chi connectivity index (χ3n) is 4.04. The van der Waals surface area contributed by atoms with Gasteiger partial charge in [-0.05, 0) is 39.0 Å². The minimum absolute atomic E-state index is 0.0788. The summed E-state index contributed by atoms with van der Waals surface area (Å²) in [4.78, 5) is 27.1. The number of benzene rings is 1. The number of aromatic amines is 1. The van der Waals surface area contributed by atoms with Gasteiger partial charge in [0.15, 0.2) is 0 Å². The first-order valence-corrected chi connectivity index (χ1v) is 10.8. The largest absolute Gasteiger partial charge is 0.462 e. The lowest BCUT2D eigenvalue weighted by molar-refractivity contribution is -0.116. The molecular formula is C18H21BrFN3O5S. The number of hydrogen-bond donors (Lipinski definition) is 2. The first-order valence-electron chi connectivity index (χ1n) is 8.56. The van der Waals surface area contributed by atoms with Crippen molar-refractivity contribution in [2.24, 2.45) is 0 Å². The zero-order chi connectivity index (χ0) is 21.9. The first kappa shape index (κ1) is 23.0. The second kappa shape index (κ2) is 9.06. The van der Waals surface area contributed by atoms with E-state index in [1.807, 2.05) is 0 Å². The third-order valence-corrected chi connectivity index (χ3v) is 6.51. The Bertz CT molecular complexity index is 1050. The number of aromatic nitrogens is 1. The SMILES string of the molecule is CCOC(=O)c1c(C)[nH]c(C)c1S(=O)(=O)N(C)CC(=O)Nc1ccc(Br)cc1F. The molecule has 0 fully saturated rings. The zero-order valence-corrected chi connectivity index (χ0v) is 18.7. The van der Waals surface area contributed by atoms with Crippen LogP contribution < -0.4 is 5.32 Å². The van der Waals surface area contributed by atoms with Gasteiger partial charge in [-0.15, -0.1) is 0 Å². The second-order valence-electron chi connectivity index (χ2n) is 6.23. The van der Waals surface area contributed by atoms with Crippen LogP contribution in [0.15, 0.2) is 27.6 Å². The van der Waals surface area contributed by atoms with Gasteiger partial charge in [-0.3, -0.25) is 4.79 Å². The molecule has 0 saturated carbocycles. The number of aryl methyl sites for hydroxylation is 2. The van der Waals surface area contributed by atoms with Crippen LogP contribution in [0.3, 0.4) is 0 Å². The van der Waals surface area contributed by atoms with Gasteiger partial charge in [-0.25, -0.2) is 17.6 Å². The molecule has 11 heteroatoms. The molecule has 0 radical (unpaired) electrons. The topological polar surface area (TPSA) is 109 Å². The van der Waals surface area contributed by atoms with Gasteiger partial charge in [0.1, 0.15) is 16.3 Å². The quantitative estimate of drug-likeness (QED) is 0.581. The van der Waals surface area contributed by atoms with Gasteiger partial charge < -0.3 is 15.0 Å². The van der Waals surface area contributed by atoms with Crippen molar-refractivity contribution in [3.8, 4) is 0 Å². The van der Waals surface area contributed by atoms with Crippen LogP contribution in [-0.2, 0) is 19.6 Å². The number of nitrogens with one attached hydrogen (secondary N) is 2. The number of esters is 1. The second-order valence-corrected chi connectivity index (χ2v) is 9.13. The van der Waals surface area contributed by atoms with E-state index in [-0.39, 0.29) is 28.4 Å². The Kier molecular flexibility index (Phi) is 7.20. The maximum atomic E-state index is 13.9. The number of hydrogen-bond acceptors (Lipinski definition) is 5. The predicted molar refractivity (Wildman–Crippen MR) is 109 cm³/mol.